The van der Waals surface area contributed by atoms with Gasteiger partial charge in [0, 0.05) is 17.4 Å². The molecule has 3 heteroatoms. The van der Waals surface area contributed by atoms with E-state index < -0.39 is 0 Å². The normalized spacial score (nSPS) is 17.9. The molecule has 1 aliphatic rings. The summed E-state index contributed by atoms with van der Waals surface area (Å²) >= 11 is 0. The van der Waals surface area contributed by atoms with Crippen LogP contribution in [-0.4, -0.2) is 18.3 Å². The van der Waals surface area contributed by atoms with E-state index in [-0.39, 0.29) is 11.9 Å². The van der Waals surface area contributed by atoms with Gasteiger partial charge in [-0.05, 0) is 19.1 Å². The zero-order valence-corrected chi connectivity index (χ0v) is 9.86. The van der Waals surface area contributed by atoms with Gasteiger partial charge in [-0.3, -0.25) is 0 Å². The van der Waals surface area contributed by atoms with Crippen molar-refractivity contribution < 1.29 is 14.6 Å². The number of methoxy groups -OCH3 is 1. The number of fused-ring (bicyclic) bond motifs is 3. The number of phenolic OH excluding ortho intramolecular Hbond substituents is 1. The minimum absolute atomic E-state index is 0.168. The number of aromatic hydroxyl groups is 1. The number of phenols is 1. The van der Waals surface area contributed by atoms with Crippen molar-refractivity contribution in [2.75, 3.05) is 7.11 Å². The molecule has 0 fully saturated rings. The lowest BCUT2D eigenvalue weighted by atomic mass is 10.0. The summed E-state index contributed by atoms with van der Waals surface area (Å²) in [7, 11) is 1.60. The van der Waals surface area contributed by atoms with Gasteiger partial charge in [-0.1, -0.05) is 12.1 Å². The molecule has 0 radical (unpaired) electrons. The van der Waals surface area contributed by atoms with Crippen LogP contribution in [-0.2, 0) is 6.42 Å². The Bertz CT molecular complexity index is 590. The summed E-state index contributed by atoms with van der Waals surface area (Å²) in [6.07, 6.45) is 1.01. The van der Waals surface area contributed by atoms with Crippen LogP contribution in [0.5, 0.6) is 17.2 Å². The standard InChI is InChI=1S/C14H14O3/c1-8-6-9-7-11(15)13-10(14(9)17-8)4-3-5-12(13)16-2/h3-5,7-8,15H,6H2,1-2H3/t8-/m1/s1. The van der Waals surface area contributed by atoms with Crippen LogP contribution in [0, 0.1) is 0 Å². The molecule has 0 amide bonds. The molecule has 2 aromatic carbocycles. The summed E-state index contributed by atoms with van der Waals surface area (Å²) in [5.41, 5.74) is 1.07. The molecule has 0 saturated heterocycles. The molecular weight excluding hydrogens is 216 g/mol. The van der Waals surface area contributed by atoms with E-state index in [4.69, 9.17) is 9.47 Å². The molecule has 3 nitrogen and oxygen atoms in total. The van der Waals surface area contributed by atoms with E-state index in [0.717, 1.165) is 28.5 Å². The molecule has 3 rings (SSSR count). The van der Waals surface area contributed by atoms with Gasteiger partial charge in [0.05, 0.1) is 12.5 Å². The SMILES string of the molecule is COc1cccc2c3c(cc(O)c12)C[C@@H](C)O3. The third-order valence-corrected chi connectivity index (χ3v) is 3.18. The highest BCUT2D eigenvalue weighted by atomic mass is 16.5. The van der Waals surface area contributed by atoms with Crippen LogP contribution in [0.15, 0.2) is 24.3 Å². The predicted octanol–water partition coefficient (Wildman–Crippen LogP) is 2.88. The van der Waals surface area contributed by atoms with Crippen LogP contribution in [0.3, 0.4) is 0 Å². The van der Waals surface area contributed by atoms with Gasteiger partial charge in [-0.25, -0.2) is 0 Å². The summed E-state index contributed by atoms with van der Waals surface area (Å²) in [6, 6.07) is 7.48. The summed E-state index contributed by atoms with van der Waals surface area (Å²) in [4.78, 5) is 0. The Morgan fingerprint density at radius 2 is 2.24 bits per heavy atom. The van der Waals surface area contributed by atoms with Crippen molar-refractivity contribution >= 4 is 10.8 Å². The van der Waals surface area contributed by atoms with Gasteiger partial charge in [-0.15, -0.1) is 0 Å². The highest BCUT2D eigenvalue weighted by Gasteiger charge is 2.24. The van der Waals surface area contributed by atoms with Crippen molar-refractivity contribution in [1.82, 2.24) is 0 Å². The van der Waals surface area contributed by atoms with Crippen LogP contribution < -0.4 is 9.47 Å². The number of hydrogen-bond acceptors (Lipinski definition) is 3. The maximum Gasteiger partial charge on any atom is 0.131 e. The minimum Gasteiger partial charge on any atom is -0.507 e. The second-order valence-electron chi connectivity index (χ2n) is 4.40. The third kappa shape index (κ3) is 1.42. The lowest BCUT2D eigenvalue weighted by Gasteiger charge is -2.11. The number of hydrogen-bond donors (Lipinski definition) is 1. The van der Waals surface area contributed by atoms with E-state index in [2.05, 4.69) is 0 Å². The molecule has 0 unspecified atom stereocenters. The molecule has 88 valence electrons. The zero-order valence-electron chi connectivity index (χ0n) is 9.86. The molecule has 0 aliphatic carbocycles. The number of ether oxygens (including phenoxy) is 2. The average molecular weight is 230 g/mol. The maximum absolute atomic E-state index is 10.1. The lowest BCUT2D eigenvalue weighted by molar-refractivity contribution is 0.257. The van der Waals surface area contributed by atoms with Gasteiger partial charge >= 0.3 is 0 Å². The van der Waals surface area contributed by atoms with E-state index >= 15 is 0 Å². The molecule has 1 aliphatic heterocycles. The third-order valence-electron chi connectivity index (χ3n) is 3.18. The van der Waals surface area contributed by atoms with Gasteiger partial charge in [-0.2, -0.15) is 0 Å². The van der Waals surface area contributed by atoms with Crippen molar-refractivity contribution in [1.29, 1.82) is 0 Å². The molecule has 1 N–H and O–H groups in total. The predicted molar refractivity (Wildman–Crippen MR) is 66.0 cm³/mol. The Hall–Kier alpha value is -1.90. The number of benzene rings is 2. The first kappa shape index (κ1) is 10.3. The molecule has 0 spiro atoms. The van der Waals surface area contributed by atoms with Gasteiger partial charge in [0.2, 0.25) is 0 Å². The van der Waals surface area contributed by atoms with Gasteiger partial charge < -0.3 is 14.6 Å². The summed E-state index contributed by atoms with van der Waals surface area (Å²) < 4.78 is 11.1. The first-order valence-corrected chi connectivity index (χ1v) is 5.69. The van der Waals surface area contributed by atoms with Crippen LogP contribution in [0.2, 0.25) is 0 Å². The Balaban J connectivity index is 2.38. The second-order valence-corrected chi connectivity index (χ2v) is 4.40. The van der Waals surface area contributed by atoms with Crippen LogP contribution >= 0.6 is 0 Å². The zero-order chi connectivity index (χ0) is 12.0. The average Bonchev–Trinajstić information content (AvgIpc) is 2.69. The fraction of sp³-hybridized carbons (Fsp3) is 0.286. The topological polar surface area (TPSA) is 38.7 Å². The molecule has 2 aromatic rings. The fourth-order valence-corrected chi connectivity index (χ4v) is 2.47. The highest BCUT2D eigenvalue weighted by molar-refractivity contribution is 5.99. The lowest BCUT2D eigenvalue weighted by Crippen LogP contribution is -2.05. The fourth-order valence-electron chi connectivity index (χ4n) is 2.47. The monoisotopic (exact) mass is 230 g/mol. The van der Waals surface area contributed by atoms with E-state index in [1.165, 1.54) is 0 Å². The van der Waals surface area contributed by atoms with E-state index in [0.29, 0.717) is 5.75 Å². The van der Waals surface area contributed by atoms with Crippen LogP contribution in [0.25, 0.3) is 10.8 Å². The Morgan fingerprint density at radius 3 is 3.00 bits per heavy atom. The molecular formula is C14H14O3. The second kappa shape index (κ2) is 3.55. The minimum atomic E-state index is 0.168. The van der Waals surface area contributed by atoms with Crippen molar-refractivity contribution in [3.05, 3.63) is 29.8 Å². The Labute approximate surface area is 99.6 Å². The molecule has 1 heterocycles. The van der Waals surface area contributed by atoms with Crippen LogP contribution in [0.4, 0.5) is 0 Å². The maximum atomic E-state index is 10.1. The van der Waals surface area contributed by atoms with E-state index in [1.807, 2.05) is 25.1 Å². The first-order valence-electron chi connectivity index (χ1n) is 5.69. The quantitative estimate of drug-likeness (QED) is 0.818. The number of rotatable bonds is 1. The van der Waals surface area contributed by atoms with Gasteiger partial charge in [0.1, 0.15) is 23.4 Å². The van der Waals surface area contributed by atoms with Crippen molar-refractivity contribution in [2.24, 2.45) is 0 Å². The smallest absolute Gasteiger partial charge is 0.131 e. The Kier molecular flexibility index (Phi) is 2.15. The Morgan fingerprint density at radius 1 is 1.41 bits per heavy atom. The van der Waals surface area contributed by atoms with Crippen molar-refractivity contribution in [2.45, 2.75) is 19.4 Å². The molecule has 1 atom stereocenters. The van der Waals surface area contributed by atoms with E-state index in [1.54, 1.807) is 13.2 Å². The summed E-state index contributed by atoms with van der Waals surface area (Å²) in [6.45, 7) is 2.03. The first-order chi connectivity index (χ1) is 8.20. The molecule has 17 heavy (non-hydrogen) atoms. The summed E-state index contributed by atoms with van der Waals surface area (Å²) in [5, 5.41) is 11.7. The largest absolute Gasteiger partial charge is 0.507 e. The van der Waals surface area contributed by atoms with Crippen molar-refractivity contribution in [3.8, 4) is 17.2 Å². The van der Waals surface area contributed by atoms with Crippen molar-refractivity contribution in [3.63, 3.8) is 0 Å². The summed E-state index contributed by atoms with van der Waals surface area (Å²) in [5.74, 6) is 1.81. The van der Waals surface area contributed by atoms with E-state index in [9.17, 15) is 5.11 Å². The van der Waals surface area contributed by atoms with Gasteiger partial charge in [0.25, 0.3) is 0 Å². The highest BCUT2D eigenvalue weighted by Crippen LogP contribution is 2.44. The molecule has 0 aromatic heterocycles. The van der Waals surface area contributed by atoms with Gasteiger partial charge in [0.15, 0.2) is 0 Å². The molecule has 0 bridgehead atoms. The molecule has 0 saturated carbocycles. The van der Waals surface area contributed by atoms with Crippen LogP contribution in [0.1, 0.15) is 12.5 Å².